The van der Waals surface area contributed by atoms with Crippen molar-refractivity contribution < 1.29 is 9.59 Å². The molecule has 2 atom stereocenters. The van der Waals surface area contributed by atoms with Gasteiger partial charge < -0.3 is 9.80 Å². The van der Waals surface area contributed by atoms with Gasteiger partial charge in [0, 0.05) is 18.7 Å². The topological polar surface area (TPSA) is 64.4 Å². The Bertz CT molecular complexity index is 814. The van der Waals surface area contributed by atoms with Gasteiger partial charge in [-0.2, -0.15) is 5.26 Å². The van der Waals surface area contributed by atoms with E-state index in [4.69, 9.17) is 0 Å². The van der Waals surface area contributed by atoms with Crippen LogP contribution in [0.1, 0.15) is 30.4 Å². The normalized spacial score (nSPS) is 24.3. The van der Waals surface area contributed by atoms with Crippen LogP contribution in [-0.2, 0) is 16.0 Å². The minimum atomic E-state index is -0.401. The van der Waals surface area contributed by atoms with Crippen LogP contribution in [0.3, 0.4) is 0 Å². The van der Waals surface area contributed by atoms with Crippen LogP contribution in [0.15, 0.2) is 29.8 Å². The first-order valence-electron chi connectivity index (χ1n) is 9.02. The maximum absolute atomic E-state index is 12.9. The molecule has 6 heteroatoms. The van der Waals surface area contributed by atoms with Crippen LogP contribution in [0, 0.1) is 11.3 Å². The van der Waals surface area contributed by atoms with E-state index in [2.05, 4.69) is 24.3 Å². The summed E-state index contributed by atoms with van der Waals surface area (Å²) < 4.78 is 0. The molecule has 0 aromatic heterocycles. The number of thioether (sulfide) groups is 1. The molecule has 134 valence electrons. The lowest BCUT2D eigenvalue weighted by Crippen LogP contribution is -2.49. The van der Waals surface area contributed by atoms with Crippen molar-refractivity contribution in [3.8, 4) is 6.07 Å². The number of nitrogens with zero attached hydrogens (tertiary/aromatic N) is 3. The van der Waals surface area contributed by atoms with Crippen LogP contribution < -0.4 is 0 Å². The second kappa shape index (κ2) is 7.16. The molecular weight excluding hydrogens is 346 g/mol. The van der Waals surface area contributed by atoms with Gasteiger partial charge in [-0.15, -0.1) is 11.8 Å². The van der Waals surface area contributed by atoms with Crippen LogP contribution >= 0.6 is 11.8 Å². The highest BCUT2D eigenvalue weighted by atomic mass is 32.2. The minimum absolute atomic E-state index is 0.0280. The molecular formula is C20H21N3O2S. The molecule has 0 spiro atoms. The number of hydrogen-bond acceptors (Lipinski definition) is 4. The predicted molar refractivity (Wildman–Crippen MR) is 101 cm³/mol. The van der Waals surface area contributed by atoms with Crippen LogP contribution in [0.4, 0.5) is 0 Å². The number of nitriles is 1. The molecule has 2 saturated heterocycles. The summed E-state index contributed by atoms with van der Waals surface area (Å²) >= 11 is 1.60. The minimum Gasteiger partial charge on any atom is -0.330 e. The van der Waals surface area contributed by atoms with Crippen molar-refractivity contribution in [2.75, 3.05) is 18.2 Å². The largest absolute Gasteiger partial charge is 0.330 e. The molecule has 2 fully saturated rings. The van der Waals surface area contributed by atoms with Gasteiger partial charge in [-0.05, 0) is 30.4 Å². The summed E-state index contributed by atoms with van der Waals surface area (Å²) in [6.07, 6.45) is 4.83. The molecule has 1 aliphatic carbocycles. The lowest BCUT2D eigenvalue weighted by molar-refractivity contribution is -0.143. The third-order valence-electron chi connectivity index (χ3n) is 5.38. The molecule has 0 radical (unpaired) electrons. The maximum Gasteiger partial charge on any atom is 0.247 e. The zero-order valence-electron chi connectivity index (χ0n) is 14.6. The zero-order valence-corrected chi connectivity index (χ0v) is 15.4. The highest BCUT2D eigenvalue weighted by Gasteiger charge is 2.40. The third kappa shape index (κ3) is 3.12. The first kappa shape index (κ1) is 17.2. The average molecular weight is 367 g/mol. The highest BCUT2D eigenvalue weighted by molar-refractivity contribution is 7.99. The Hall–Kier alpha value is -2.26. The molecule has 0 unspecified atom stereocenters. The molecule has 26 heavy (non-hydrogen) atoms. The maximum atomic E-state index is 12.9. The molecule has 0 bridgehead atoms. The highest BCUT2D eigenvalue weighted by Crippen LogP contribution is 2.30. The van der Waals surface area contributed by atoms with Gasteiger partial charge in [0.1, 0.15) is 12.1 Å². The van der Waals surface area contributed by atoms with Gasteiger partial charge in [0.15, 0.2) is 0 Å². The van der Waals surface area contributed by atoms with E-state index in [1.54, 1.807) is 21.6 Å². The summed E-state index contributed by atoms with van der Waals surface area (Å²) in [4.78, 5) is 29.2. The summed E-state index contributed by atoms with van der Waals surface area (Å²) in [7, 11) is 0. The number of rotatable bonds is 3. The fourth-order valence-electron chi connectivity index (χ4n) is 4.04. The predicted octanol–water partition coefficient (Wildman–Crippen LogP) is 2.43. The smallest absolute Gasteiger partial charge is 0.247 e. The summed E-state index contributed by atoms with van der Waals surface area (Å²) in [5.74, 6) is 1.18. The Balaban J connectivity index is 1.43. The SMILES string of the molecule is N#C[C@@H]1CSCN1C(=O)[C@@H]1CCCN1C(=O)CC1=Cc2ccccc2C1. The number of benzene rings is 1. The molecule has 0 N–H and O–H groups in total. The van der Waals surface area contributed by atoms with E-state index in [0.29, 0.717) is 31.0 Å². The van der Waals surface area contributed by atoms with Gasteiger partial charge in [0.25, 0.3) is 0 Å². The van der Waals surface area contributed by atoms with Crippen molar-refractivity contribution in [3.05, 3.63) is 41.0 Å². The Labute approximate surface area is 157 Å². The van der Waals surface area contributed by atoms with Crippen molar-refractivity contribution in [3.63, 3.8) is 0 Å². The van der Waals surface area contributed by atoms with E-state index in [1.807, 2.05) is 12.1 Å². The van der Waals surface area contributed by atoms with E-state index in [9.17, 15) is 14.9 Å². The quantitative estimate of drug-likeness (QED) is 0.823. The number of carbonyl (C=O) groups is 2. The Morgan fingerprint density at radius 2 is 2.12 bits per heavy atom. The summed E-state index contributed by atoms with van der Waals surface area (Å²) in [6.45, 7) is 0.633. The number of likely N-dealkylation sites (tertiary alicyclic amines) is 1. The van der Waals surface area contributed by atoms with Crippen LogP contribution in [0.5, 0.6) is 0 Å². The van der Waals surface area contributed by atoms with E-state index in [0.717, 1.165) is 18.4 Å². The second-order valence-corrected chi connectivity index (χ2v) is 8.05. The van der Waals surface area contributed by atoms with E-state index in [-0.39, 0.29) is 17.9 Å². The van der Waals surface area contributed by atoms with Gasteiger partial charge in [-0.25, -0.2) is 0 Å². The lowest BCUT2D eigenvalue weighted by Gasteiger charge is -2.29. The molecule has 0 saturated carbocycles. The van der Waals surface area contributed by atoms with Crippen LogP contribution in [0.2, 0.25) is 0 Å². The van der Waals surface area contributed by atoms with Crippen molar-refractivity contribution in [1.29, 1.82) is 5.26 Å². The van der Waals surface area contributed by atoms with Crippen molar-refractivity contribution in [1.82, 2.24) is 9.80 Å². The molecule has 1 aromatic rings. The number of carbonyl (C=O) groups excluding carboxylic acids is 2. The zero-order chi connectivity index (χ0) is 18.1. The third-order valence-corrected chi connectivity index (χ3v) is 6.40. The Kier molecular flexibility index (Phi) is 4.73. The molecule has 5 nitrogen and oxygen atoms in total. The van der Waals surface area contributed by atoms with E-state index < -0.39 is 6.04 Å². The fourth-order valence-corrected chi connectivity index (χ4v) is 5.13. The Morgan fingerprint density at radius 1 is 1.27 bits per heavy atom. The standard InChI is InChI=1S/C20H21N3O2S/c21-11-17-12-26-13-23(17)20(25)18-6-3-7-22(18)19(24)10-14-8-15-4-1-2-5-16(15)9-14/h1-2,4-5,8,17-18H,3,6-7,9-10,12-13H2/t17-,18+/m1/s1. The van der Waals surface area contributed by atoms with Gasteiger partial charge in [-0.1, -0.05) is 35.9 Å². The van der Waals surface area contributed by atoms with E-state index >= 15 is 0 Å². The molecule has 2 amide bonds. The van der Waals surface area contributed by atoms with Crippen molar-refractivity contribution in [2.45, 2.75) is 37.8 Å². The van der Waals surface area contributed by atoms with Gasteiger partial charge in [0.2, 0.25) is 11.8 Å². The number of fused-ring (bicyclic) bond motifs is 1. The van der Waals surface area contributed by atoms with Crippen LogP contribution in [-0.4, -0.2) is 51.9 Å². The van der Waals surface area contributed by atoms with Crippen molar-refractivity contribution in [2.24, 2.45) is 0 Å². The Morgan fingerprint density at radius 3 is 2.92 bits per heavy atom. The molecule has 2 aliphatic heterocycles. The second-order valence-electron chi connectivity index (χ2n) is 7.05. The lowest BCUT2D eigenvalue weighted by atomic mass is 10.1. The van der Waals surface area contributed by atoms with Gasteiger partial charge >= 0.3 is 0 Å². The van der Waals surface area contributed by atoms with Crippen LogP contribution in [0.25, 0.3) is 6.08 Å². The first-order valence-corrected chi connectivity index (χ1v) is 10.2. The van der Waals surface area contributed by atoms with Gasteiger partial charge in [0.05, 0.1) is 11.9 Å². The first-order chi connectivity index (χ1) is 12.7. The molecule has 3 aliphatic rings. The van der Waals surface area contributed by atoms with Gasteiger partial charge in [-0.3, -0.25) is 9.59 Å². The number of amides is 2. The average Bonchev–Trinajstić information content (AvgIpc) is 3.38. The summed E-state index contributed by atoms with van der Waals surface area (Å²) in [5.41, 5.74) is 3.56. The fraction of sp³-hybridized carbons (Fsp3) is 0.450. The monoisotopic (exact) mass is 367 g/mol. The molecule has 4 rings (SSSR count). The summed E-state index contributed by atoms with van der Waals surface area (Å²) in [5, 5.41) is 9.23. The molecule has 2 heterocycles. The molecule has 1 aromatic carbocycles. The van der Waals surface area contributed by atoms with Crippen molar-refractivity contribution >= 4 is 29.7 Å². The number of hydrogen-bond donors (Lipinski definition) is 0. The summed E-state index contributed by atoms with van der Waals surface area (Å²) in [6, 6.07) is 9.63. The van der Waals surface area contributed by atoms with E-state index in [1.165, 1.54) is 11.1 Å².